The first kappa shape index (κ1) is 12.4. The van der Waals surface area contributed by atoms with Crippen LogP contribution in [0.3, 0.4) is 0 Å². The summed E-state index contributed by atoms with van der Waals surface area (Å²) in [6.45, 7) is 5.21. The molecule has 96 valence electrons. The maximum absolute atomic E-state index is 12.1. The van der Waals surface area contributed by atoms with Crippen LogP contribution in [0, 0.1) is 5.92 Å². The highest BCUT2D eigenvalue weighted by molar-refractivity contribution is 5.70. The van der Waals surface area contributed by atoms with Crippen molar-refractivity contribution in [3.8, 4) is 0 Å². The average molecular weight is 239 g/mol. The van der Waals surface area contributed by atoms with Crippen molar-refractivity contribution in [3.63, 3.8) is 0 Å². The SMILES string of the molecule is CC(C)(C)OC(=O)N(CO)C12C=CC(CC1)C2. The van der Waals surface area contributed by atoms with Crippen LogP contribution in [0.4, 0.5) is 4.79 Å². The highest BCUT2D eigenvalue weighted by Gasteiger charge is 2.47. The highest BCUT2D eigenvalue weighted by atomic mass is 16.6. The van der Waals surface area contributed by atoms with Crippen molar-refractivity contribution in [3.05, 3.63) is 12.2 Å². The fourth-order valence-electron chi connectivity index (χ4n) is 2.76. The summed E-state index contributed by atoms with van der Waals surface area (Å²) in [5, 5.41) is 9.46. The molecule has 2 aliphatic rings. The molecule has 0 aliphatic heterocycles. The number of carbonyl (C=O) groups is 1. The first-order chi connectivity index (χ1) is 7.86. The van der Waals surface area contributed by atoms with Gasteiger partial charge in [-0.25, -0.2) is 4.79 Å². The summed E-state index contributed by atoms with van der Waals surface area (Å²) in [7, 11) is 0. The van der Waals surface area contributed by atoms with Gasteiger partial charge in [0.2, 0.25) is 0 Å². The van der Waals surface area contributed by atoms with Gasteiger partial charge in [-0.3, -0.25) is 4.90 Å². The quantitative estimate of drug-likeness (QED) is 0.594. The van der Waals surface area contributed by atoms with Crippen LogP contribution in [0.25, 0.3) is 0 Å². The Morgan fingerprint density at radius 3 is 2.65 bits per heavy atom. The monoisotopic (exact) mass is 239 g/mol. The largest absolute Gasteiger partial charge is 0.444 e. The molecule has 4 heteroatoms. The molecule has 0 heterocycles. The Hall–Kier alpha value is -1.03. The molecule has 0 aromatic carbocycles. The number of amides is 1. The van der Waals surface area contributed by atoms with Crippen molar-refractivity contribution in [2.24, 2.45) is 5.92 Å². The lowest BCUT2D eigenvalue weighted by molar-refractivity contribution is -0.0197. The van der Waals surface area contributed by atoms with E-state index in [-0.39, 0.29) is 12.3 Å². The Bertz CT molecular complexity index is 345. The molecule has 2 unspecified atom stereocenters. The second kappa shape index (κ2) is 4.02. The van der Waals surface area contributed by atoms with Crippen molar-refractivity contribution in [1.29, 1.82) is 0 Å². The smallest absolute Gasteiger partial charge is 0.412 e. The van der Waals surface area contributed by atoms with Crippen LogP contribution in [0.5, 0.6) is 0 Å². The number of rotatable bonds is 2. The third-order valence-electron chi connectivity index (χ3n) is 3.54. The molecule has 0 aromatic rings. The predicted octanol–water partition coefficient (Wildman–Crippen LogP) is 2.28. The van der Waals surface area contributed by atoms with Crippen LogP contribution in [0.1, 0.15) is 40.0 Å². The normalized spacial score (nSPS) is 30.7. The van der Waals surface area contributed by atoms with Gasteiger partial charge in [-0.1, -0.05) is 12.2 Å². The number of fused-ring (bicyclic) bond motifs is 2. The van der Waals surface area contributed by atoms with Crippen LogP contribution < -0.4 is 0 Å². The van der Waals surface area contributed by atoms with Crippen molar-refractivity contribution < 1.29 is 14.6 Å². The Kier molecular flexibility index (Phi) is 2.94. The number of aliphatic hydroxyl groups is 1. The molecule has 1 saturated carbocycles. The summed E-state index contributed by atoms with van der Waals surface area (Å²) in [6.07, 6.45) is 6.72. The van der Waals surface area contributed by atoms with Gasteiger partial charge in [0.1, 0.15) is 12.3 Å². The third kappa shape index (κ3) is 2.32. The predicted molar refractivity (Wildman–Crippen MR) is 64.4 cm³/mol. The van der Waals surface area contributed by atoms with Crippen LogP contribution in [0.15, 0.2) is 12.2 Å². The maximum Gasteiger partial charge on any atom is 0.412 e. The number of hydrogen-bond acceptors (Lipinski definition) is 3. The minimum atomic E-state index is -0.526. The van der Waals surface area contributed by atoms with Crippen LogP contribution in [0.2, 0.25) is 0 Å². The van der Waals surface area contributed by atoms with E-state index in [9.17, 15) is 9.90 Å². The summed E-state index contributed by atoms with van der Waals surface area (Å²) >= 11 is 0. The third-order valence-corrected chi connectivity index (χ3v) is 3.54. The van der Waals surface area contributed by atoms with E-state index in [0.717, 1.165) is 19.3 Å². The second-order valence-electron chi connectivity index (χ2n) is 6.02. The van der Waals surface area contributed by atoms with Gasteiger partial charge in [0.25, 0.3) is 0 Å². The zero-order chi connectivity index (χ0) is 12.7. The lowest BCUT2D eigenvalue weighted by Gasteiger charge is -2.37. The Balaban J connectivity index is 2.12. The van der Waals surface area contributed by atoms with Crippen molar-refractivity contribution in [2.75, 3.05) is 6.73 Å². The zero-order valence-corrected chi connectivity index (χ0v) is 10.8. The van der Waals surface area contributed by atoms with E-state index in [1.165, 1.54) is 4.90 Å². The molecular formula is C13H21NO3. The number of hydrogen-bond donors (Lipinski definition) is 1. The van der Waals surface area contributed by atoms with Gasteiger partial charge in [0.15, 0.2) is 0 Å². The lowest BCUT2D eigenvalue weighted by atomic mass is 9.97. The summed E-state index contributed by atoms with van der Waals surface area (Å²) in [6, 6.07) is 0. The van der Waals surface area contributed by atoms with Gasteiger partial charge < -0.3 is 9.84 Å². The topological polar surface area (TPSA) is 49.8 Å². The molecule has 2 bridgehead atoms. The van der Waals surface area contributed by atoms with Gasteiger partial charge in [0.05, 0.1) is 5.54 Å². The number of ether oxygens (including phenoxy) is 1. The van der Waals surface area contributed by atoms with Crippen molar-refractivity contribution >= 4 is 6.09 Å². The summed E-state index contributed by atoms with van der Waals surface area (Å²) in [4.78, 5) is 13.5. The molecule has 0 saturated heterocycles. The molecule has 2 aliphatic carbocycles. The molecule has 2 rings (SSSR count). The minimum absolute atomic E-state index is 0.286. The van der Waals surface area contributed by atoms with E-state index < -0.39 is 11.7 Å². The first-order valence-electron chi connectivity index (χ1n) is 6.17. The standard InChI is InChI=1S/C13H21NO3/c1-12(2,3)17-11(16)14(9-15)13-6-4-10(8-13)5-7-13/h4,6,10,15H,5,7-9H2,1-3H3. The van der Waals surface area contributed by atoms with E-state index in [2.05, 4.69) is 12.2 Å². The van der Waals surface area contributed by atoms with Gasteiger partial charge in [-0.15, -0.1) is 0 Å². The van der Waals surface area contributed by atoms with Gasteiger partial charge in [-0.2, -0.15) is 0 Å². The molecule has 17 heavy (non-hydrogen) atoms. The van der Waals surface area contributed by atoms with Crippen LogP contribution in [-0.4, -0.2) is 34.0 Å². The molecule has 0 aromatic heterocycles. The number of aliphatic hydroxyl groups excluding tert-OH is 1. The Morgan fingerprint density at radius 2 is 2.29 bits per heavy atom. The molecule has 1 amide bonds. The summed E-state index contributed by atoms with van der Waals surface area (Å²) in [5.74, 6) is 0.562. The van der Waals surface area contributed by atoms with Gasteiger partial charge in [0, 0.05) is 0 Å². The Labute approximate surface area is 102 Å². The van der Waals surface area contributed by atoms with E-state index in [1.807, 2.05) is 20.8 Å². The molecule has 1 fully saturated rings. The van der Waals surface area contributed by atoms with Crippen LogP contribution >= 0.6 is 0 Å². The van der Waals surface area contributed by atoms with E-state index >= 15 is 0 Å². The number of allylic oxidation sites excluding steroid dienone is 1. The fourth-order valence-corrected chi connectivity index (χ4v) is 2.76. The van der Waals surface area contributed by atoms with Gasteiger partial charge in [-0.05, 0) is 46.0 Å². The minimum Gasteiger partial charge on any atom is -0.444 e. The van der Waals surface area contributed by atoms with E-state index in [0.29, 0.717) is 5.92 Å². The number of nitrogens with zero attached hydrogens (tertiary/aromatic N) is 1. The molecule has 0 spiro atoms. The first-order valence-corrected chi connectivity index (χ1v) is 6.17. The maximum atomic E-state index is 12.1. The van der Waals surface area contributed by atoms with E-state index in [1.54, 1.807) is 0 Å². The highest BCUT2D eigenvalue weighted by Crippen LogP contribution is 2.46. The molecule has 1 N–H and O–H groups in total. The fraction of sp³-hybridized carbons (Fsp3) is 0.769. The molecular weight excluding hydrogens is 218 g/mol. The summed E-state index contributed by atoms with van der Waals surface area (Å²) in [5.41, 5.74) is -0.830. The summed E-state index contributed by atoms with van der Waals surface area (Å²) < 4.78 is 5.34. The van der Waals surface area contributed by atoms with Crippen molar-refractivity contribution in [2.45, 2.75) is 51.2 Å². The average Bonchev–Trinajstić information content (AvgIpc) is 2.75. The Morgan fingerprint density at radius 1 is 1.59 bits per heavy atom. The molecule has 4 nitrogen and oxygen atoms in total. The van der Waals surface area contributed by atoms with Crippen molar-refractivity contribution in [1.82, 2.24) is 4.90 Å². The number of carbonyl (C=O) groups excluding carboxylic acids is 1. The lowest BCUT2D eigenvalue weighted by Crippen LogP contribution is -2.50. The molecule has 0 radical (unpaired) electrons. The van der Waals surface area contributed by atoms with E-state index in [4.69, 9.17) is 4.74 Å². The van der Waals surface area contributed by atoms with Gasteiger partial charge >= 0.3 is 6.09 Å². The van der Waals surface area contributed by atoms with Crippen LogP contribution in [-0.2, 0) is 4.74 Å². The second-order valence-corrected chi connectivity index (χ2v) is 6.02. The zero-order valence-electron chi connectivity index (χ0n) is 10.8. The molecule has 2 atom stereocenters.